The van der Waals surface area contributed by atoms with Crippen molar-refractivity contribution in [3.63, 3.8) is 0 Å². The molecule has 2 N–H and O–H groups in total. The van der Waals surface area contributed by atoms with E-state index in [1.54, 1.807) is 18.2 Å². The summed E-state index contributed by atoms with van der Waals surface area (Å²) < 4.78 is 13.7. The summed E-state index contributed by atoms with van der Waals surface area (Å²) in [6.45, 7) is 10.2. The number of halogens is 1. The fourth-order valence-electron chi connectivity index (χ4n) is 2.91. The number of nitrogens with zero attached hydrogens (tertiary/aromatic N) is 1. The first-order valence-electron chi connectivity index (χ1n) is 6.78. The van der Waals surface area contributed by atoms with E-state index in [-0.39, 0.29) is 16.9 Å². The summed E-state index contributed by atoms with van der Waals surface area (Å²) in [5.41, 5.74) is 0.345. The molecule has 0 bridgehead atoms. The molecule has 1 aliphatic rings. The van der Waals surface area contributed by atoms with Crippen molar-refractivity contribution >= 4 is 23.0 Å². The third-order valence-corrected chi connectivity index (χ3v) is 3.61. The highest BCUT2D eigenvalue weighted by Crippen LogP contribution is 2.22. The largest absolute Gasteiger partial charge is 0.345 e. The summed E-state index contributed by atoms with van der Waals surface area (Å²) in [6.07, 6.45) is 0. The SMILES string of the molecule is CC1(C)CN(C(=S)Nc2ccccc2F)CC(C)(C)N1. The molecule has 1 saturated heterocycles. The summed E-state index contributed by atoms with van der Waals surface area (Å²) in [6, 6.07) is 6.58. The molecule has 1 aromatic carbocycles. The molecule has 0 aliphatic carbocycles. The normalized spacial score (nSPS) is 20.6. The maximum absolute atomic E-state index is 13.7. The van der Waals surface area contributed by atoms with E-state index in [0.717, 1.165) is 13.1 Å². The molecule has 0 spiro atoms. The summed E-state index contributed by atoms with van der Waals surface area (Å²) in [7, 11) is 0. The zero-order chi connectivity index (χ0) is 15.0. The van der Waals surface area contributed by atoms with Crippen molar-refractivity contribution in [1.82, 2.24) is 10.2 Å². The fourth-order valence-corrected chi connectivity index (χ4v) is 3.14. The van der Waals surface area contributed by atoms with Crippen LogP contribution >= 0.6 is 12.2 Å². The quantitative estimate of drug-likeness (QED) is 0.779. The molecule has 1 aliphatic heterocycles. The average Bonchev–Trinajstić information content (AvgIpc) is 2.28. The number of hydrogen-bond acceptors (Lipinski definition) is 2. The third-order valence-electron chi connectivity index (χ3n) is 3.25. The van der Waals surface area contributed by atoms with E-state index in [9.17, 15) is 4.39 Å². The lowest BCUT2D eigenvalue weighted by Crippen LogP contribution is -2.68. The first-order chi connectivity index (χ1) is 9.19. The molecule has 0 atom stereocenters. The van der Waals surface area contributed by atoms with Gasteiger partial charge in [-0.15, -0.1) is 0 Å². The van der Waals surface area contributed by atoms with Crippen LogP contribution in [0.5, 0.6) is 0 Å². The van der Waals surface area contributed by atoms with E-state index in [1.807, 2.05) is 0 Å². The van der Waals surface area contributed by atoms with Gasteiger partial charge >= 0.3 is 0 Å². The second kappa shape index (κ2) is 5.30. The molecule has 2 rings (SSSR count). The summed E-state index contributed by atoms with van der Waals surface area (Å²) >= 11 is 5.44. The Bertz CT molecular complexity index is 498. The number of thiocarbonyl (C=S) groups is 1. The molecular weight excluding hydrogens is 273 g/mol. The van der Waals surface area contributed by atoms with Crippen molar-refractivity contribution in [3.05, 3.63) is 30.1 Å². The van der Waals surface area contributed by atoms with Gasteiger partial charge in [0.1, 0.15) is 5.82 Å². The van der Waals surface area contributed by atoms with Gasteiger partial charge in [0.15, 0.2) is 5.11 Å². The molecular formula is C15H22FN3S. The van der Waals surface area contributed by atoms with E-state index in [4.69, 9.17) is 12.2 Å². The van der Waals surface area contributed by atoms with E-state index in [2.05, 4.69) is 43.2 Å². The highest BCUT2D eigenvalue weighted by Gasteiger charge is 2.37. The van der Waals surface area contributed by atoms with Crippen molar-refractivity contribution < 1.29 is 4.39 Å². The third kappa shape index (κ3) is 3.67. The van der Waals surface area contributed by atoms with Crippen LogP contribution in [0.25, 0.3) is 0 Å². The van der Waals surface area contributed by atoms with Crippen LogP contribution in [0.2, 0.25) is 0 Å². The Kier molecular flexibility index (Phi) is 4.02. The molecule has 110 valence electrons. The number of para-hydroxylation sites is 1. The lowest BCUT2D eigenvalue weighted by Gasteiger charge is -2.49. The molecule has 1 aromatic rings. The van der Waals surface area contributed by atoms with Crippen molar-refractivity contribution in [3.8, 4) is 0 Å². The van der Waals surface area contributed by atoms with Crippen LogP contribution < -0.4 is 10.6 Å². The molecule has 0 unspecified atom stereocenters. The Balaban J connectivity index is 2.11. The number of rotatable bonds is 1. The van der Waals surface area contributed by atoms with Gasteiger partial charge in [0.05, 0.1) is 5.69 Å². The predicted octanol–water partition coefficient (Wildman–Crippen LogP) is 2.98. The number of piperazine rings is 1. The minimum atomic E-state index is -0.288. The minimum Gasteiger partial charge on any atom is -0.345 e. The molecule has 0 amide bonds. The molecule has 0 aromatic heterocycles. The first-order valence-corrected chi connectivity index (χ1v) is 7.19. The van der Waals surface area contributed by atoms with Crippen LogP contribution in [0.3, 0.4) is 0 Å². The van der Waals surface area contributed by atoms with Crippen LogP contribution in [0.1, 0.15) is 27.7 Å². The fraction of sp³-hybridized carbons (Fsp3) is 0.533. The minimum absolute atomic E-state index is 0.0390. The maximum Gasteiger partial charge on any atom is 0.173 e. The van der Waals surface area contributed by atoms with E-state index >= 15 is 0 Å². The summed E-state index contributed by atoms with van der Waals surface area (Å²) in [5, 5.41) is 7.17. The lowest BCUT2D eigenvalue weighted by atomic mass is 9.92. The average molecular weight is 295 g/mol. The molecule has 1 fully saturated rings. The van der Waals surface area contributed by atoms with Crippen molar-refractivity contribution in [1.29, 1.82) is 0 Å². The van der Waals surface area contributed by atoms with Gasteiger partial charge in [0.2, 0.25) is 0 Å². The zero-order valence-electron chi connectivity index (χ0n) is 12.5. The smallest absolute Gasteiger partial charge is 0.173 e. The summed E-state index contributed by atoms with van der Waals surface area (Å²) in [4.78, 5) is 2.10. The summed E-state index contributed by atoms with van der Waals surface area (Å²) in [5.74, 6) is -0.288. The van der Waals surface area contributed by atoms with Gasteiger partial charge in [0.25, 0.3) is 0 Å². The molecule has 0 saturated carbocycles. The van der Waals surface area contributed by atoms with E-state index < -0.39 is 0 Å². The van der Waals surface area contributed by atoms with E-state index in [0.29, 0.717) is 10.8 Å². The standard InChI is InChI=1S/C15H22FN3S/c1-14(2)9-19(10-15(3,4)18-14)13(20)17-12-8-6-5-7-11(12)16/h5-8,18H,9-10H2,1-4H3,(H,17,20). The molecule has 20 heavy (non-hydrogen) atoms. The lowest BCUT2D eigenvalue weighted by molar-refractivity contribution is 0.130. The molecule has 1 heterocycles. The predicted molar refractivity (Wildman–Crippen MR) is 85.5 cm³/mol. The van der Waals surface area contributed by atoms with Crippen LogP contribution in [-0.2, 0) is 0 Å². The number of benzene rings is 1. The number of hydrogen-bond donors (Lipinski definition) is 2. The van der Waals surface area contributed by atoms with Crippen LogP contribution in [0.4, 0.5) is 10.1 Å². The second-order valence-electron chi connectivity index (χ2n) is 6.66. The Morgan fingerprint density at radius 2 is 1.75 bits per heavy atom. The van der Waals surface area contributed by atoms with Gasteiger partial charge in [-0.25, -0.2) is 4.39 Å². The van der Waals surface area contributed by atoms with Gasteiger partial charge < -0.3 is 15.5 Å². The topological polar surface area (TPSA) is 27.3 Å². The maximum atomic E-state index is 13.7. The highest BCUT2D eigenvalue weighted by atomic mass is 32.1. The van der Waals surface area contributed by atoms with Crippen molar-refractivity contribution in [2.24, 2.45) is 0 Å². The van der Waals surface area contributed by atoms with Gasteiger partial charge in [-0.2, -0.15) is 0 Å². The Labute approximate surface area is 125 Å². The highest BCUT2D eigenvalue weighted by molar-refractivity contribution is 7.80. The van der Waals surface area contributed by atoms with Crippen LogP contribution in [0.15, 0.2) is 24.3 Å². The zero-order valence-corrected chi connectivity index (χ0v) is 13.3. The van der Waals surface area contributed by atoms with E-state index in [1.165, 1.54) is 6.07 Å². The van der Waals surface area contributed by atoms with Gasteiger partial charge in [0, 0.05) is 24.2 Å². The monoisotopic (exact) mass is 295 g/mol. The van der Waals surface area contributed by atoms with Gasteiger partial charge in [-0.3, -0.25) is 0 Å². The van der Waals surface area contributed by atoms with Gasteiger partial charge in [-0.05, 0) is 52.0 Å². The van der Waals surface area contributed by atoms with Crippen molar-refractivity contribution in [2.75, 3.05) is 18.4 Å². The Morgan fingerprint density at radius 1 is 1.20 bits per heavy atom. The van der Waals surface area contributed by atoms with Crippen molar-refractivity contribution in [2.45, 2.75) is 38.8 Å². The Hall–Kier alpha value is -1.20. The molecule has 5 heteroatoms. The van der Waals surface area contributed by atoms with Crippen LogP contribution in [0, 0.1) is 5.82 Å². The number of anilines is 1. The second-order valence-corrected chi connectivity index (χ2v) is 7.05. The molecule has 0 radical (unpaired) electrons. The Morgan fingerprint density at radius 3 is 2.30 bits per heavy atom. The van der Waals surface area contributed by atoms with Crippen LogP contribution in [-0.4, -0.2) is 34.2 Å². The first kappa shape index (κ1) is 15.2. The number of nitrogens with one attached hydrogen (secondary N) is 2. The van der Waals surface area contributed by atoms with Gasteiger partial charge in [-0.1, -0.05) is 12.1 Å². The molecule has 3 nitrogen and oxygen atoms in total.